The highest BCUT2D eigenvalue weighted by Gasteiger charge is 2.25. The molecular weight excluding hydrogens is 274 g/mol. The lowest BCUT2D eigenvalue weighted by atomic mass is 10.1. The predicted molar refractivity (Wildman–Crippen MR) is 77.8 cm³/mol. The van der Waals surface area contributed by atoms with Gasteiger partial charge in [0.15, 0.2) is 0 Å². The summed E-state index contributed by atoms with van der Waals surface area (Å²) >= 11 is 1.53. The quantitative estimate of drug-likeness (QED) is 0.861. The number of hydrogen-bond acceptors (Lipinski definition) is 6. The van der Waals surface area contributed by atoms with Crippen LogP contribution in [-0.2, 0) is 16.1 Å². The van der Waals surface area contributed by atoms with Crippen LogP contribution in [0.4, 0.5) is 0 Å². The SMILES string of the molecule is O=C(OCc1ccncc1)C1=CSC2N=CNC=C2C1. The van der Waals surface area contributed by atoms with Crippen LogP contribution in [0.5, 0.6) is 0 Å². The first-order valence-corrected chi connectivity index (χ1v) is 7.14. The third kappa shape index (κ3) is 2.91. The Hall–Kier alpha value is -2.08. The summed E-state index contributed by atoms with van der Waals surface area (Å²) in [5.74, 6) is -0.275. The van der Waals surface area contributed by atoms with Crippen molar-refractivity contribution in [2.24, 2.45) is 4.99 Å². The predicted octanol–water partition coefficient (Wildman–Crippen LogP) is 1.99. The number of thioether (sulfide) groups is 1. The number of ether oxygens (including phenoxy) is 1. The van der Waals surface area contributed by atoms with E-state index in [9.17, 15) is 4.79 Å². The first-order valence-electron chi connectivity index (χ1n) is 6.20. The average Bonchev–Trinajstić information content (AvgIpc) is 2.53. The molecule has 102 valence electrons. The number of carbonyl (C=O) groups excluding carboxylic acids is 1. The summed E-state index contributed by atoms with van der Waals surface area (Å²) in [6, 6.07) is 3.66. The maximum Gasteiger partial charge on any atom is 0.335 e. The third-order valence-electron chi connectivity index (χ3n) is 2.99. The number of fused-ring (bicyclic) bond motifs is 1. The zero-order chi connectivity index (χ0) is 13.8. The number of rotatable bonds is 3. The molecule has 0 saturated heterocycles. The molecule has 20 heavy (non-hydrogen) atoms. The van der Waals surface area contributed by atoms with Crippen LogP contribution < -0.4 is 5.32 Å². The monoisotopic (exact) mass is 287 g/mol. The van der Waals surface area contributed by atoms with Crippen molar-refractivity contribution in [2.45, 2.75) is 18.4 Å². The fraction of sp³-hybridized carbons (Fsp3) is 0.214. The minimum Gasteiger partial charge on any atom is -0.457 e. The highest BCUT2D eigenvalue weighted by molar-refractivity contribution is 8.03. The summed E-state index contributed by atoms with van der Waals surface area (Å²) in [5, 5.41) is 4.89. The van der Waals surface area contributed by atoms with E-state index < -0.39 is 0 Å². The second kappa shape index (κ2) is 5.92. The summed E-state index contributed by atoms with van der Waals surface area (Å²) in [6.45, 7) is 0.266. The Labute approximate surface area is 120 Å². The largest absolute Gasteiger partial charge is 0.457 e. The van der Waals surface area contributed by atoms with Crippen molar-refractivity contribution in [1.82, 2.24) is 10.3 Å². The van der Waals surface area contributed by atoms with E-state index in [0.717, 1.165) is 11.1 Å². The van der Waals surface area contributed by atoms with Gasteiger partial charge in [0.25, 0.3) is 0 Å². The molecule has 0 saturated carbocycles. The van der Waals surface area contributed by atoms with Crippen LogP contribution in [0.1, 0.15) is 12.0 Å². The van der Waals surface area contributed by atoms with Gasteiger partial charge in [-0.2, -0.15) is 0 Å². The van der Waals surface area contributed by atoms with Crippen LogP contribution in [0.15, 0.2) is 52.3 Å². The molecule has 1 aromatic rings. The van der Waals surface area contributed by atoms with Gasteiger partial charge < -0.3 is 10.1 Å². The van der Waals surface area contributed by atoms with Crippen molar-refractivity contribution < 1.29 is 9.53 Å². The Kier molecular flexibility index (Phi) is 3.83. The van der Waals surface area contributed by atoms with Gasteiger partial charge in [0.05, 0.1) is 6.34 Å². The summed E-state index contributed by atoms with van der Waals surface area (Å²) in [6.07, 6.45) is 7.51. The van der Waals surface area contributed by atoms with E-state index in [0.29, 0.717) is 12.0 Å². The molecule has 0 fully saturated rings. The molecule has 0 amide bonds. The number of aromatic nitrogens is 1. The lowest BCUT2D eigenvalue weighted by Gasteiger charge is -2.23. The molecule has 3 rings (SSSR count). The topological polar surface area (TPSA) is 63.6 Å². The molecule has 1 N–H and O–H groups in total. The molecule has 5 nitrogen and oxygen atoms in total. The molecule has 3 heterocycles. The number of nitrogens with one attached hydrogen (secondary N) is 1. The summed E-state index contributed by atoms with van der Waals surface area (Å²) in [4.78, 5) is 20.3. The number of pyridine rings is 1. The van der Waals surface area contributed by atoms with Gasteiger partial charge >= 0.3 is 5.97 Å². The van der Waals surface area contributed by atoms with Gasteiger partial charge in [-0.3, -0.25) is 9.98 Å². The lowest BCUT2D eigenvalue weighted by Crippen LogP contribution is -2.21. The highest BCUT2D eigenvalue weighted by Crippen LogP contribution is 2.34. The molecule has 0 bridgehead atoms. The molecule has 0 spiro atoms. The molecular formula is C14H13N3O2S. The van der Waals surface area contributed by atoms with Crippen LogP contribution >= 0.6 is 11.8 Å². The molecule has 2 aliphatic heterocycles. The number of esters is 1. The number of carbonyl (C=O) groups is 1. The zero-order valence-electron chi connectivity index (χ0n) is 10.7. The van der Waals surface area contributed by atoms with Crippen molar-refractivity contribution >= 4 is 24.1 Å². The molecule has 2 aliphatic rings. The first kappa shape index (κ1) is 12.9. The fourth-order valence-electron chi connectivity index (χ4n) is 1.93. The molecule has 1 unspecified atom stereocenters. The molecule has 6 heteroatoms. The normalized spacial score (nSPS) is 20.3. The maximum absolute atomic E-state index is 12.0. The van der Waals surface area contributed by atoms with Crippen molar-refractivity contribution in [3.63, 3.8) is 0 Å². The van der Waals surface area contributed by atoms with Gasteiger partial charge in [-0.1, -0.05) is 0 Å². The maximum atomic E-state index is 12.0. The molecule has 0 aromatic carbocycles. The van der Waals surface area contributed by atoms with E-state index in [-0.39, 0.29) is 18.0 Å². The summed E-state index contributed by atoms with van der Waals surface area (Å²) in [5.41, 5.74) is 2.69. The van der Waals surface area contributed by atoms with Crippen molar-refractivity contribution in [3.8, 4) is 0 Å². The Morgan fingerprint density at radius 3 is 3.15 bits per heavy atom. The number of nitrogens with zero attached hydrogens (tertiary/aromatic N) is 2. The Balaban J connectivity index is 1.60. The average molecular weight is 287 g/mol. The first-order chi connectivity index (χ1) is 9.83. The summed E-state index contributed by atoms with van der Waals surface area (Å²) in [7, 11) is 0. The highest BCUT2D eigenvalue weighted by atomic mass is 32.2. The van der Waals surface area contributed by atoms with Crippen molar-refractivity contribution in [2.75, 3.05) is 0 Å². The smallest absolute Gasteiger partial charge is 0.335 e. The van der Waals surface area contributed by atoms with Gasteiger partial charge in [0, 0.05) is 30.6 Å². The van der Waals surface area contributed by atoms with Crippen molar-refractivity contribution in [3.05, 3.63) is 52.8 Å². The molecule has 1 atom stereocenters. The lowest BCUT2D eigenvalue weighted by molar-refractivity contribution is -0.140. The van der Waals surface area contributed by atoms with Gasteiger partial charge in [-0.15, -0.1) is 11.8 Å². The Morgan fingerprint density at radius 1 is 1.45 bits per heavy atom. The van der Waals surface area contributed by atoms with Gasteiger partial charge in [-0.25, -0.2) is 4.79 Å². The zero-order valence-corrected chi connectivity index (χ0v) is 11.5. The Bertz CT molecular complexity index is 596. The van der Waals surface area contributed by atoms with E-state index in [2.05, 4.69) is 15.3 Å². The third-order valence-corrected chi connectivity index (χ3v) is 4.09. The second-order valence-electron chi connectivity index (χ2n) is 4.40. The molecule has 1 aromatic heterocycles. The van der Waals surface area contributed by atoms with E-state index >= 15 is 0 Å². The van der Waals surface area contributed by atoms with Crippen molar-refractivity contribution in [1.29, 1.82) is 0 Å². The van der Waals surface area contributed by atoms with E-state index in [1.165, 1.54) is 11.8 Å². The minimum absolute atomic E-state index is 0.0907. The molecule has 0 radical (unpaired) electrons. The van der Waals surface area contributed by atoms with Crippen LogP contribution in [0.2, 0.25) is 0 Å². The van der Waals surface area contributed by atoms with Gasteiger partial charge in [0.1, 0.15) is 12.0 Å². The fourth-order valence-corrected chi connectivity index (χ4v) is 2.86. The van der Waals surface area contributed by atoms with Crippen LogP contribution in [0, 0.1) is 0 Å². The number of hydrogen-bond donors (Lipinski definition) is 1. The van der Waals surface area contributed by atoms with Gasteiger partial charge in [-0.05, 0) is 28.7 Å². The van der Waals surface area contributed by atoms with E-state index in [4.69, 9.17) is 4.74 Å². The minimum atomic E-state index is -0.275. The Morgan fingerprint density at radius 2 is 2.30 bits per heavy atom. The van der Waals surface area contributed by atoms with Crippen LogP contribution in [0.3, 0.4) is 0 Å². The molecule has 0 aliphatic carbocycles. The van der Waals surface area contributed by atoms with Gasteiger partial charge in [0.2, 0.25) is 0 Å². The van der Waals surface area contributed by atoms with Crippen LogP contribution in [-0.4, -0.2) is 22.7 Å². The number of aliphatic imine (C=N–C) groups is 1. The van der Waals surface area contributed by atoms with E-state index in [1.807, 2.05) is 23.7 Å². The second-order valence-corrected chi connectivity index (χ2v) is 5.36. The standard InChI is InChI=1S/C14H13N3O2S/c18-14(19-7-10-1-3-15-4-2-10)12-5-11-6-16-9-17-13(11)20-8-12/h1-4,6,8-9,13H,5,7H2,(H,16,17). The van der Waals surface area contributed by atoms with Crippen LogP contribution in [0.25, 0.3) is 0 Å². The summed E-state index contributed by atoms with van der Waals surface area (Å²) < 4.78 is 5.31. The van der Waals surface area contributed by atoms with E-state index in [1.54, 1.807) is 18.7 Å².